The normalized spacial score (nSPS) is 14.7. The zero-order valence-electron chi connectivity index (χ0n) is 60.6. The number of aryl methyl sites for hydroxylation is 4. The molecule has 0 saturated carbocycles. The van der Waals surface area contributed by atoms with Gasteiger partial charge in [-0.3, -0.25) is 0 Å². The molecule has 0 bridgehead atoms. The molecule has 4 aliphatic carbocycles. The van der Waals surface area contributed by atoms with Crippen LogP contribution in [-0.4, -0.2) is 0 Å². The number of benzene rings is 14. The molecular weight excluding hydrogens is 1270 g/mol. The lowest BCUT2D eigenvalue weighted by Gasteiger charge is -2.33. The largest absolute Gasteiger partial charge is 0.310 e. The van der Waals surface area contributed by atoms with Gasteiger partial charge >= 0.3 is 0 Å². The highest BCUT2D eigenvalue weighted by molar-refractivity contribution is 6.02. The highest BCUT2D eigenvalue weighted by atomic mass is 15.2. The molecule has 0 aromatic heterocycles. The molecule has 14 aromatic rings. The number of nitrogens with zero attached hydrogens (tertiary/aromatic N) is 2. The summed E-state index contributed by atoms with van der Waals surface area (Å²) in [6, 6.07) is 120. The Labute approximate surface area is 620 Å². The molecule has 1 unspecified atom stereocenters. The second-order valence-electron chi connectivity index (χ2n) is 30.5. The zero-order valence-corrected chi connectivity index (χ0v) is 60.6. The van der Waals surface area contributed by atoms with E-state index in [0.29, 0.717) is 0 Å². The quantitative estimate of drug-likeness (QED) is 0.0702. The Morgan fingerprint density at radius 3 is 0.990 bits per heavy atom. The Morgan fingerprint density at radius 2 is 0.562 bits per heavy atom. The predicted octanol–water partition coefficient (Wildman–Crippen LogP) is 27.3. The van der Waals surface area contributed by atoms with E-state index in [-0.39, 0.29) is 10.8 Å². The smallest absolute Gasteiger partial charge is 0.0727 e. The first-order chi connectivity index (χ1) is 51.5. The first-order valence-corrected chi connectivity index (χ1v) is 37.8. The van der Waals surface area contributed by atoms with E-state index >= 15 is 0 Å². The van der Waals surface area contributed by atoms with Crippen molar-refractivity contribution in [1.82, 2.24) is 0 Å². The Morgan fingerprint density at radius 1 is 0.257 bits per heavy atom. The van der Waals surface area contributed by atoms with E-state index in [1.807, 2.05) is 12.2 Å². The maximum absolute atomic E-state index is 3.93. The third kappa shape index (κ3) is 11.2. The van der Waals surface area contributed by atoms with E-state index in [2.05, 4.69) is 366 Å². The van der Waals surface area contributed by atoms with Crippen molar-refractivity contribution in [1.29, 1.82) is 0 Å². The second-order valence-corrected chi connectivity index (χ2v) is 30.5. The van der Waals surface area contributed by atoms with Crippen LogP contribution in [0, 0.1) is 0 Å². The average molecular weight is 1350 g/mol. The first kappa shape index (κ1) is 65.2. The molecule has 2 heteroatoms. The van der Waals surface area contributed by atoms with E-state index < -0.39 is 5.41 Å². The van der Waals surface area contributed by atoms with Gasteiger partial charge in [-0.25, -0.2) is 0 Å². The summed E-state index contributed by atoms with van der Waals surface area (Å²) in [5, 5.41) is 0. The monoisotopic (exact) mass is 1350 g/mol. The van der Waals surface area contributed by atoms with Crippen LogP contribution >= 0.6 is 0 Å². The third-order valence-corrected chi connectivity index (χ3v) is 23.8. The van der Waals surface area contributed by atoms with Crippen LogP contribution in [0.25, 0.3) is 78.9 Å². The summed E-state index contributed by atoms with van der Waals surface area (Å²) in [7, 11) is 0. The summed E-state index contributed by atoms with van der Waals surface area (Å²) in [5.41, 5.74) is 39.3. The van der Waals surface area contributed by atoms with Crippen LogP contribution in [0.2, 0.25) is 0 Å². The van der Waals surface area contributed by atoms with Crippen molar-refractivity contribution in [2.45, 2.75) is 95.3 Å². The third-order valence-electron chi connectivity index (χ3n) is 23.8. The molecule has 4 aliphatic rings. The predicted molar refractivity (Wildman–Crippen MR) is 444 cm³/mol. The number of anilines is 6. The van der Waals surface area contributed by atoms with E-state index in [1.165, 1.54) is 145 Å². The van der Waals surface area contributed by atoms with Crippen molar-refractivity contribution in [2.75, 3.05) is 9.80 Å². The van der Waals surface area contributed by atoms with Gasteiger partial charge in [-0.15, -0.1) is 0 Å². The maximum Gasteiger partial charge on any atom is 0.0727 e. The summed E-state index contributed by atoms with van der Waals surface area (Å²) in [4.78, 5) is 5.09. The fourth-order valence-corrected chi connectivity index (χ4v) is 18.3. The number of hydrogen-bond acceptors (Lipinski definition) is 2. The zero-order chi connectivity index (χ0) is 71.0. The van der Waals surface area contributed by atoms with E-state index in [1.54, 1.807) is 0 Å². The Balaban J connectivity index is 0.731. The molecule has 14 aromatic carbocycles. The van der Waals surface area contributed by atoms with Crippen molar-refractivity contribution in [3.63, 3.8) is 0 Å². The van der Waals surface area contributed by atoms with Gasteiger partial charge in [-0.05, 0) is 257 Å². The van der Waals surface area contributed by atoms with Crippen molar-refractivity contribution in [3.8, 4) is 66.8 Å². The van der Waals surface area contributed by atoms with Crippen LogP contribution in [0.3, 0.4) is 0 Å². The number of hydrogen-bond donors (Lipinski definition) is 0. The van der Waals surface area contributed by atoms with Crippen molar-refractivity contribution in [3.05, 3.63) is 406 Å². The lowest BCUT2D eigenvalue weighted by molar-refractivity contribution is 0.660. The average Bonchev–Trinajstić information content (AvgIpc) is 1.50. The van der Waals surface area contributed by atoms with Crippen molar-refractivity contribution < 1.29 is 0 Å². The van der Waals surface area contributed by atoms with Crippen LogP contribution in [-0.2, 0) is 41.9 Å². The van der Waals surface area contributed by atoms with Gasteiger partial charge in [0.05, 0.1) is 11.1 Å². The molecule has 1 spiro atoms. The summed E-state index contributed by atoms with van der Waals surface area (Å²) in [6.07, 6.45) is 12.8. The molecule has 0 amide bonds. The molecule has 0 aliphatic heterocycles. The van der Waals surface area contributed by atoms with Gasteiger partial charge in [-0.1, -0.05) is 302 Å². The lowest BCUT2D eigenvalue weighted by Crippen LogP contribution is -2.26. The number of rotatable bonds is 20. The van der Waals surface area contributed by atoms with Gasteiger partial charge in [-0.2, -0.15) is 0 Å². The van der Waals surface area contributed by atoms with Crippen LogP contribution in [0.4, 0.5) is 34.1 Å². The molecule has 0 fully saturated rings. The Hall–Kier alpha value is -11.8. The van der Waals surface area contributed by atoms with Gasteiger partial charge < -0.3 is 9.80 Å². The topological polar surface area (TPSA) is 6.48 Å². The molecule has 0 radical (unpaired) electrons. The second kappa shape index (κ2) is 26.5. The van der Waals surface area contributed by atoms with E-state index in [0.717, 1.165) is 85.5 Å². The highest BCUT2D eigenvalue weighted by Gasteiger charge is 2.53. The number of unbranched alkanes of at least 4 members (excludes halogenated alkanes) is 2. The van der Waals surface area contributed by atoms with Crippen molar-refractivity contribution >= 4 is 46.3 Å². The molecule has 0 saturated heterocycles. The van der Waals surface area contributed by atoms with Gasteiger partial charge in [0, 0.05) is 44.8 Å². The van der Waals surface area contributed by atoms with Crippen LogP contribution in [0.5, 0.6) is 0 Å². The minimum absolute atomic E-state index is 0.191. The van der Waals surface area contributed by atoms with E-state index in [4.69, 9.17) is 0 Å². The molecule has 508 valence electrons. The van der Waals surface area contributed by atoms with Crippen LogP contribution in [0.15, 0.2) is 329 Å². The molecule has 105 heavy (non-hydrogen) atoms. The standard InChI is InChI=1S/C103H86N2/c1-7-69-36-40-71(41-37-69)22-9-11-24-73-44-48-75(49-45-73)77-52-56-79(57-53-77)104(81-60-63-87-84-26-13-17-30-91(84)101(3,4)96(87)66-81)82-61-65-89-86-28-15-19-32-93(86)103(98(89)68-82)94-33-20-16-29-90(94)100-95(103)34-21-35-99(100)105(83-62-64-88-85-27-14-18-31-92(85)102(5,6)97(88)67-83)80-58-54-78(55-59-80)76-50-46-74(47-51-76)25-12-10-23-72-42-38-70(8-2)39-43-72/h7-8,13-21,26-68H,1-2,9-12,22-25H2,3-6H3. The highest BCUT2D eigenvalue weighted by Crippen LogP contribution is 2.66. The maximum atomic E-state index is 3.93. The lowest BCUT2D eigenvalue weighted by atomic mass is 9.70. The fraction of sp³-hybridized carbons (Fsp3) is 0.146. The van der Waals surface area contributed by atoms with Gasteiger partial charge in [0.25, 0.3) is 0 Å². The summed E-state index contributed by atoms with van der Waals surface area (Å²) in [6.45, 7) is 17.4. The molecule has 0 N–H and O–H groups in total. The van der Waals surface area contributed by atoms with Gasteiger partial charge in [0.1, 0.15) is 0 Å². The SMILES string of the molecule is C=Cc1ccc(CCCCc2ccc(-c3ccc(N(c4ccc5c(c4)C(C)(C)c4ccccc4-5)c4ccc5c(c4)C4(c6ccccc6-5)c5ccccc5-c5c(N(c6ccc(-c7ccc(CCCCc8ccc(C=C)cc8)cc7)cc6)c6ccc7c(c6)C(C)(C)c6ccccc6-7)cccc54)cc3)cc2)cc1. The van der Waals surface area contributed by atoms with Crippen LogP contribution in [0.1, 0.15) is 131 Å². The Kier molecular flexibility index (Phi) is 16.4. The van der Waals surface area contributed by atoms with Gasteiger partial charge in [0.2, 0.25) is 0 Å². The van der Waals surface area contributed by atoms with E-state index in [9.17, 15) is 0 Å². The summed E-state index contributed by atoms with van der Waals surface area (Å²) in [5.74, 6) is 0. The molecule has 0 heterocycles. The molecule has 18 rings (SSSR count). The van der Waals surface area contributed by atoms with Gasteiger partial charge in [0.15, 0.2) is 0 Å². The summed E-state index contributed by atoms with van der Waals surface area (Å²) >= 11 is 0. The number of fused-ring (bicyclic) bond motifs is 16. The Bertz CT molecular complexity index is 5670. The van der Waals surface area contributed by atoms with Crippen molar-refractivity contribution in [2.24, 2.45) is 0 Å². The van der Waals surface area contributed by atoms with Crippen LogP contribution < -0.4 is 9.80 Å². The molecule has 2 nitrogen and oxygen atoms in total. The molecule has 1 atom stereocenters. The fourth-order valence-electron chi connectivity index (χ4n) is 18.3. The molecular formula is C103H86N2. The first-order valence-electron chi connectivity index (χ1n) is 37.8. The summed E-state index contributed by atoms with van der Waals surface area (Å²) < 4.78 is 0. The minimum atomic E-state index is -0.661. The minimum Gasteiger partial charge on any atom is -0.310 e.